The highest BCUT2D eigenvalue weighted by molar-refractivity contribution is 5.51. The number of nitrogens with one attached hydrogen (secondary N) is 1. The topological polar surface area (TPSA) is 75.9 Å². The minimum atomic E-state index is 0.270. The Morgan fingerprint density at radius 3 is 2.80 bits per heavy atom. The molecule has 0 saturated heterocycles. The number of aromatic nitrogens is 4. The molecule has 0 aliphatic rings. The lowest BCUT2D eigenvalue weighted by Crippen LogP contribution is -2.01. The first-order valence-corrected chi connectivity index (χ1v) is 6.16. The highest BCUT2D eigenvalue weighted by atomic mass is 16.3. The van der Waals surface area contributed by atoms with E-state index in [9.17, 15) is 5.11 Å². The molecule has 1 heterocycles. The normalized spacial score (nSPS) is 10.4. The van der Waals surface area contributed by atoms with Gasteiger partial charge in [-0.25, -0.2) is 4.68 Å². The van der Waals surface area contributed by atoms with Crippen molar-refractivity contribution < 1.29 is 5.11 Å². The number of hydrogen-bond acceptors (Lipinski definition) is 5. The Morgan fingerprint density at radius 2 is 2.00 bits per heavy atom. The Balaban J connectivity index is 1.73. The maximum atomic E-state index is 9.43. The first kappa shape index (κ1) is 12.2. The van der Waals surface area contributed by atoms with Crippen molar-refractivity contribution in [2.24, 2.45) is 0 Å². The molecule has 0 radical (unpaired) electrons. The van der Waals surface area contributed by atoms with E-state index < -0.39 is 0 Å². The summed E-state index contributed by atoms with van der Waals surface area (Å²) in [7, 11) is 0. The van der Waals surface area contributed by atoms with Gasteiger partial charge in [-0.3, -0.25) is 0 Å². The molecule has 0 atom stereocenters. The van der Waals surface area contributed by atoms with Crippen LogP contribution < -0.4 is 5.32 Å². The molecule has 2 aromatic carbocycles. The highest BCUT2D eigenvalue weighted by Gasteiger charge is 2.00. The minimum absolute atomic E-state index is 0.270. The molecule has 2 N–H and O–H groups in total. The Labute approximate surface area is 115 Å². The quantitative estimate of drug-likeness (QED) is 0.756. The van der Waals surface area contributed by atoms with E-state index >= 15 is 0 Å². The van der Waals surface area contributed by atoms with Gasteiger partial charge in [-0.05, 0) is 46.3 Å². The van der Waals surface area contributed by atoms with Gasteiger partial charge in [-0.2, -0.15) is 0 Å². The number of rotatable bonds is 4. The van der Waals surface area contributed by atoms with E-state index in [-0.39, 0.29) is 5.75 Å². The molecule has 0 aliphatic carbocycles. The summed E-state index contributed by atoms with van der Waals surface area (Å²) in [6, 6.07) is 15.0. The molecule has 0 fully saturated rings. The van der Waals surface area contributed by atoms with Gasteiger partial charge in [-0.1, -0.05) is 18.2 Å². The Morgan fingerprint density at radius 1 is 1.10 bits per heavy atom. The van der Waals surface area contributed by atoms with E-state index in [0.717, 1.165) is 16.9 Å². The van der Waals surface area contributed by atoms with Crippen molar-refractivity contribution in [2.45, 2.75) is 6.54 Å². The van der Waals surface area contributed by atoms with Crippen LogP contribution in [0.15, 0.2) is 54.9 Å². The summed E-state index contributed by atoms with van der Waals surface area (Å²) in [5, 5.41) is 23.8. The summed E-state index contributed by atoms with van der Waals surface area (Å²) in [4.78, 5) is 0. The fourth-order valence-corrected chi connectivity index (χ4v) is 1.91. The second kappa shape index (κ2) is 5.40. The fourth-order valence-electron chi connectivity index (χ4n) is 1.91. The van der Waals surface area contributed by atoms with Crippen molar-refractivity contribution in [1.29, 1.82) is 0 Å². The summed E-state index contributed by atoms with van der Waals surface area (Å²) in [6.07, 6.45) is 1.55. The van der Waals surface area contributed by atoms with Gasteiger partial charge in [0, 0.05) is 12.2 Å². The third-order valence-electron chi connectivity index (χ3n) is 2.87. The molecule has 6 heteroatoms. The van der Waals surface area contributed by atoms with E-state index in [1.54, 1.807) is 23.1 Å². The van der Waals surface area contributed by atoms with Crippen LogP contribution in [-0.2, 0) is 6.54 Å². The fraction of sp³-hybridized carbons (Fsp3) is 0.0714. The third kappa shape index (κ3) is 2.74. The zero-order valence-corrected chi connectivity index (χ0v) is 10.6. The number of anilines is 1. The van der Waals surface area contributed by atoms with Crippen molar-refractivity contribution in [1.82, 2.24) is 20.2 Å². The number of phenolic OH excluding ortho intramolecular Hbond substituents is 1. The number of nitrogens with zero attached hydrogens (tertiary/aromatic N) is 4. The lowest BCUT2D eigenvalue weighted by molar-refractivity contribution is 0.474. The van der Waals surface area contributed by atoms with E-state index in [2.05, 4.69) is 20.8 Å². The van der Waals surface area contributed by atoms with Crippen molar-refractivity contribution in [3.8, 4) is 11.4 Å². The maximum Gasteiger partial charge on any atom is 0.143 e. The van der Waals surface area contributed by atoms with Gasteiger partial charge in [0.15, 0.2) is 0 Å². The lowest BCUT2D eigenvalue weighted by Gasteiger charge is -2.08. The molecule has 0 spiro atoms. The van der Waals surface area contributed by atoms with Crippen LogP contribution in [0, 0.1) is 0 Å². The molecule has 0 amide bonds. The number of aromatic hydroxyl groups is 1. The summed E-state index contributed by atoms with van der Waals surface area (Å²) < 4.78 is 1.60. The minimum Gasteiger partial charge on any atom is -0.508 e. The van der Waals surface area contributed by atoms with Crippen LogP contribution in [0.1, 0.15) is 5.56 Å². The number of benzene rings is 2. The van der Waals surface area contributed by atoms with Crippen molar-refractivity contribution >= 4 is 5.69 Å². The summed E-state index contributed by atoms with van der Waals surface area (Å²) in [5.41, 5.74) is 2.86. The van der Waals surface area contributed by atoms with Gasteiger partial charge in [0.1, 0.15) is 12.1 Å². The molecule has 20 heavy (non-hydrogen) atoms. The van der Waals surface area contributed by atoms with Gasteiger partial charge >= 0.3 is 0 Å². The number of hydrogen-bond donors (Lipinski definition) is 2. The second-order valence-corrected chi connectivity index (χ2v) is 4.33. The average Bonchev–Trinajstić information content (AvgIpc) is 3.00. The SMILES string of the molecule is Oc1cccc(CNc2cccc(-n3cnnn3)c2)c1. The summed E-state index contributed by atoms with van der Waals surface area (Å²) in [5.74, 6) is 0.270. The predicted octanol–water partition coefficient (Wildman–Crippen LogP) is 1.98. The first-order valence-electron chi connectivity index (χ1n) is 6.16. The predicted molar refractivity (Wildman–Crippen MR) is 74.6 cm³/mol. The molecule has 0 saturated carbocycles. The Bertz CT molecular complexity index is 696. The van der Waals surface area contributed by atoms with E-state index in [0.29, 0.717) is 6.54 Å². The van der Waals surface area contributed by atoms with Crippen molar-refractivity contribution in [2.75, 3.05) is 5.32 Å². The van der Waals surface area contributed by atoms with Gasteiger partial charge in [-0.15, -0.1) is 5.10 Å². The number of tetrazole rings is 1. The van der Waals surface area contributed by atoms with Crippen LogP contribution in [-0.4, -0.2) is 25.3 Å². The molecule has 1 aromatic heterocycles. The van der Waals surface area contributed by atoms with Crippen molar-refractivity contribution in [3.05, 3.63) is 60.4 Å². The van der Waals surface area contributed by atoms with Crippen LogP contribution in [0.25, 0.3) is 5.69 Å². The molecule has 3 aromatic rings. The van der Waals surface area contributed by atoms with Crippen molar-refractivity contribution in [3.63, 3.8) is 0 Å². The standard InChI is InChI=1S/C14H13N5O/c20-14-6-1-3-11(7-14)9-15-12-4-2-5-13(8-12)19-10-16-17-18-19/h1-8,10,15,20H,9H2. The lowest BCUT2D eigenvalue weighted by atomic mass is 10.2. The van der Waals surface area contributed by atoms with Gasteiger partial charge in [0.25, 0.3) is 0 Å². The van der Waals surface area contributed by atoms with Crippen LogP contribution in [0.2, 0.25) is 0 Å². The monoisotopic (exact) mass is 267 g/mol. The molecular formula is C14H13N5O. The van der Waals surface area contributed by atoms with Crippen LogP contribution >= 0.6 is 0 Å². The molecular weight excluding hydrogens is 254 g/mol. The van der Waals surface area contributed by atoms with E-state index in [1.165, 1.54) is 0 Å². The van der Waals surface area contributed by atoms with Crippen LogP contribution in [0.5, 0.6) is 5.75 Å². The van der Waals surface area contributed by atoms with E-state index in [4.69, 9.17) is 0 Å². The van der Waals surface area contributed by atoms with Gasteiger partial charge < -0.3 is 10.4 Å². The first-order chi connectivity index (χ1) is 9.81. The zero-order valence-electron chi connectivity index (χ0n) is 10.6. The van der Waals surface area contributed by atoms with Crippen LogP contribution in [0.4, 0.5) is 5.69 Å². The average molecular weight is 267 g/mol. The largest absolute Gasteiger partial charge is 0.508 e. The summed E-state index contributed by atoms with van der Waals surface area (Å²) in [6.45, 7) is 0.632. The Kier molecular flexibility index (Phi) is 3.28. The van der Waals surface area contributed by atoms with E-state index in [1.807, 2.05) is 36.4 Å². The Hall–Kier alpha value is -2.89. The second-order valence-electron chi connectivity index (χ2n) is 4.33. The van der Waals surface area contributed by atoms with Gasteiger partial charge in [0.2, 0.25) is 0 Å². The summed E-state index contributed by atoms with van der Waals surface area (Å²) >= 11 is 0. The molecule has 0 bridgehead atoms. The highest BCUT2D eigenvalue weighted by Crippen LogP contribution is 2.16. The third-order valence-corrected chi connectivity index (χ3v) is 2.87. The zero-order chi connectivity index (χ0) is 13.8. The molecule has 6 nitrogen and oxygen atoms in total. The number of phenols is 1. The molecule has 3 rings (SSSR count). The smallest absolute Gasteiger partial charge is 0.143 e. The maximum absolute atomic E-state index is 9.43. The van der Waals surface area contributed by atoms with Gasteiger partial charge in [0.05, 0.1) is 5.69 Å². The molecule has 0 aliphatic heterocycles. The molecule has 100 valence electrons. The molecule has 0 unspecified atom stereocenters. The van der Waals surface area contributed by atoms with Crippen LogP contribution in [0.3, 0.4) is 0 Å².